The van der Waals surface area contributed by atoms with Crippen molar-refractivity contribution in [3.63, 3.8) is 0 Å². The van der Waals surface area contributed by atoms with E-state index in [1.54, 1.807) is 6.92 Å². The fourth-order valence-electron chi connectivity index (χ4n) is 12.7. The van der Waals surface area contributed by atoms with Crippen molar-refractivity contribution < 1.29 is 14.7 Å². The predicted octanol–water partition coefficient (Wildman–Crippen LogP) is 8.76. The summed E-state index contributed by atoms with van der Waals surface area (Å²) in [5, 5.41) is 10.7. The maximum Gasteiger partial charge on any atom is 0.145 e. The van der Waals surface area contributed by atoms with Crippen molar-refractivity contribution in [2.45, 2.75) is 139 Å². The molecule has 0 bridgehead atoms. The summed E-state index contributed by atoms with van der Waals surface area (Å²) < 4.78 is 0. The number of ketones is 2. The van der Waals surface area contributed by atoms with Gasteiger partial charge in [-0.05, 0) is 97.2 Å². The largest absolute Gasteiger partial charge is 0.393 e. The van der Waals surface area contributed by atoms with Gasteiger partial charge in [0.25, 0.3) is 0 Å². The third-order valence-electron chi connectivity index (χ3n) is 14.7. The zero-order valence-corrected chi connectivity index (χ0v) is 27.5. The smallest absolute Gasteiger partial charge is 0.145 e. The Balaban J connectivity index is 1.47. The van der Waals surface area contributed by atoms with E-state index in [-0.39, 0.29) is 46.2 Å². The molecule has 40 heavy (non-hydrogen) atoms. The van der Waals surface area contributed by atoms with Gasteiger partial charge in [-0.25, -0.2) is 0 Å². The Bertz CT molecular complexity index is 962. The van der Waals surface area contributed by atoms with Gasteiger partial charge in [0.2, 0.25) is 0 Å². The zero-order valence-electron chi connectivity index (χ0n) is 27.5. The number of aliphatic hydroxyl groups is 1. The molecule has 0 saturated heterocycles. The van der Waals surface area contributed by atoms with Crippen molar-refractivity contribution in [2.75, 3.05) is 0 Å². The van der Waals surface area contributed by atoms with Crippen LogP contribution in [0, 0.1) is 81.3 Å². The highest BCUT2D eigenvalue weighted by molar-refractivity contribution is 5.92. The lowest BCUT2D eigenvalue weighted by atomic mass is 9.34. The van der Waals surface area contributed by atoms with Crippen LogP contribution in [0.5, 0.6) is 0 Å². The lowest BCUT2D eigenvalue weighted by molar-refractivity contribution is -0.208. The van der Waals surface area contributed by atoms with Crippen LogP contribution in [0.3, 0.4) is 0 Å². The molecule has 0 aliphatic heterocycles. The minimum atomic E-state index is -0.633. The summed E-state index contributed by atoms with van der Waals surface area (Å²) in [7, 11) is 0. The predicted molar refractivity (Wildman–Crippen MR) is 164 cm³/mol. The number of carbonyl (C=O) groups is 2. The van der Waals surface area contributed by atoms with E-state index >= 15 is 0 Å². The zero-order chi connectivity index (χ0) is 29.4. The summed E-state index contributed by atoms with van der Waals surface area (Å²) in [5.74, 6) is 4.42. The van der Waals surface area contributed by atoms with Crippen LogP contribution in [0.25, 0.3) is 0 Å². The molecule has 13 atom stereocenters. The number of rotatable bonds is 5. The third kappa shape index (κ3) is 4.61. The van der Waals surface area contributed by atoms with Crippen LogP contribution in [-0.4, -0.2) is 22.8 Å². The first kappa shape index (κ1) is 30.7. The highest BCUT2D eigenvalue weighted by Crippen LogP contribution is 2.71. The van der Waals surface area contributed by atoms with Gasteiger partial charge in [-0.2, -0.15) is 0 Å². The van der Waals surface area contributed by atoms with Crippen LogP contribution in [0.2, 0.25) is 0 Å². The van der Waals surface area contributed by atoms with Crippen LogP contribution >= 0.6 is 0 Å². The van der Waals surface area contributed by atoms with E-state index in [4.69, 9.17) is 0 Å². The Kier molecular flexibility index (Phi) is 8.29. The first-order valence-electron chi connectivity index (χ1n) is 17.4. The molecule has 5 saturated carbocycles. The monoisotopic (exact) mass is 554 g/mol. The minimum absolute atomic E-state index is 0.0123. The molecule has 5 aliphatic rings. The molecule has 13 unspecified atom stereocenters. The third-order valence-corrected chi connectivity index (χ3v) is 14.7. The molecule has 5 aliphatic carbocycles. The van der Waals surface area contributed by atoms with Crippen LogP contribution in [0.4, 0.5) is 0 Å². The number of carbonyl (C=O) groups excluding carboxylic acids is 2. The quantitative estimate of drug-likeness (QED) is 0.369. The van der Waals surface area contributed by atoms with E-state index in [2.05, 4.69) is 55.4 Å². The van der Waals surface area contributed by atoms with Crippen LogP contribution in [0.1, 0.15) is 133 Å². The molecule has 5 rings (SSSR count). The standard InChI is InChI=1S/C37H62O3/c1-21(2)28-17-27(16-15-26-13-11-10-12-14-26)23(4)31-29(28)19-35(7)20-36(8)18-22(3)30(25(6)38)34(40)37(36,9)24(5)32(35)33(31)39/h21-32,38H,10-20H2,1-9H3. The first-order valence-corrected chi connectivity index (χ1v) is 17.4. The molecule has 3 nitrogen and oxygen atoms in total. The molecular weight excluding hydrogens is 492 g/mol. The van der Waals surface area contributed by atoms with Crippen molar-refractivity contribution in [3.05, 3.63) is 0 Å². The number of aliphatic hydroxyl groups excluding tert-OH is 1. The summed E-state index contributed by atoms with van der Waals surface area (Å²) in [4.78, 5) is 29.3. The molecule has 0 aromatic carbocycles. The van der Waals surface area contributed by atoms with Gasteiger partial charge in [-0.3, -0.25) is 9.59 Å². The first-order chi connectivity index (χ1) is 18.7. The maximum atomic E-state index is 15.0. The highest BCUT2D eigenvalue weighted by atomic mass is 16.3. The van der Waals surface area contributed by atoms with Crippen molar-refractivity contribution in [1.29, 1.82) is 0 Å². The molecule has 0 spiro atoms. The van der Waals surface area contributed by atoms with Crippen LogP contribution in [0.15, 0.2) is 0 Å². The molecule has 0 radical (unpaired) electrons. The second-order valence-corrected chi connectivity index (χ2v) is 17.3. The Morgan fingerprint density at radius 2 is 1.57 bits per heavy atom. The Labute approximate surface area is 246 Å². The molecule has 228 valence electrons. The molecule has 0 aromatic rings. The van der Waals surface area contributed by atoms with Gasteiger partial charge in [-0.15, -0.1) is 0 Å². The average molecular weight is 555 g/mol. The second-order valence-electron chi connectivity index (χ2n) is 17.3. The summed E-state index contributed by atoms with van der Waals surface area (Å²) in [6.07, 6.45) is 13.5. The highest BCUT2D eigenvalue weighted by Gasteiger charge is 2.71. The van der Waals surface area contributed by atoms with E-state index in [0.717, 1.165) is 25.2 Å². The Morgan fingerprint density at radius 1 is 0.925 bits per heavy atom. The number of hydrogen-bond acceptors (Lipinski definition) is 3. The van der Waals surface area contributed by atoms with Crippen molar-refractivity contribution >= 4 is 11.6 Å². The molecule has 5 fully saturated rings. The molecule has 3 heteroatoms. The fourth-order valence-corrected chi connectivity index (χ4v) is 12.7. The van der Waals surface area contributed by atoms with Gasteiger partial charge < -0.3 is 5.11 Å². The Morgan fingerprint density at radius 3 is 2.17 bits per heavy atom. The SMILES string of the molecule is CC(C)C1CC(CCC2CCCCC2)C(C)C2C(=O)C3C(C)C4(C)C(=O)C(C(C)O)C(C)CC4(C)CC3(C)CC12. The lowest BCUT2D eigenvalue weighted by Crippen LogP contribution is -2.69. The van der Waals surface area contributed by atoms with E-state index in [1.807, 2.05) is 0 Å². The van der Waals surface area contributed by atoms with E-state index in [0.29, 0.717) is 35.4 Å². The normalized spacial score (nSPS) is 50.7. The number of fused-ring (bicyclic) bond motifs is 3. The molecule has 0 aromatic heterocycles. The molecule has 0 amide bonds. The topological polar surface area (TPSA) is 54.4 Å². The van der Waals surface area contributed by atoms with Gasteiger partial charge in [0.15, 0.2) is 0 Å². The summed E-state index contributed by atoms with van der Waals surface area (Å²) in [6.45, 7) is 20.4. The van der Waals surface area contributed by atoms with Gasteiger partial charge in [0.1, 0.15) is 11.6 Å². The maximum absolute atomic E-state index is 15.0. The Hall–Kier alpha value is -0.700. The minimum Gasteiger partial charge on any atom is -0.393 e. The van der Waals surface area contributed by atoms with Gasteiger partial charge in [0.05, 0.1) is 6.10 Å². The van der Waals surface area contributed by atoms with Crippen LogP contribution < -0.4 is 0 Å². The lowest BCUT2D eigenvalue weighted by Gasteiger charge is -2.68. The average Bonchev–Trinajstić information content (AvgIpc) is 2.85. The van der Waals surface area contributed by atoms with E-state index < -0.39 is 11.5 Å². The summed E-state index contributed by atoms with van der Waals surface area (Å²) in [5.41, 5.74) is -0.752. The summed E-state index contributed by atoms with van der Waals surface area (Å²) >= 11 is 0. The molecule has 1 N–H and O–H groups in total. The number of Topliss-reactive ketones (excluding diaryl/α,β-unsaturated/α-hetero) is 2. The van der Waals surface area contributed by atoms with Crippen molar-refractivity contribution in [3.8, 4) is 0 Å². The molecule has 0 heterocycles. The number of hydrogen-bond donors (Lipinski definition) is 1. The van der Waals surface area contributed by atoms with Gasteiger partial charge in [-0.1, -0.05) is 93.9 Å². The van der Waals surface area contributed by atoms with E-state index in [1.165, 1.54) is 51.4 Å². The van der Waals surface area contributed by atoms with Gasteiger partial charge >= 0.3 is 0 Å². The molecular formula is C37H62O3. The van der Waals surface area contributed by atoms with Crippen molar-refractivity contribution in [1.82, 2.24) is 0 Å². The van der Waals surface area contributed by atoms with Gasteiger partial charge in [0, 0.05) is 23.2 Å². The van der Waals surface area contributed by atoms with Crippen LogP contribution in [-0.2, 0) is 9.59 Å². The fraction of sp³-hybridized carbons (Fsp3) is 0.946. The second kappa shape index (κ2) is 10.8. The van der Waals surface area contributed by atoms with Crippen molar-refractivity contribution in [2.24, 2.45) is 81.3 Å². The van der Waals surface area contributed by atoms with E-state index in [9.17, 15) is 14.7 Å². The summed E-state index contributed by atoms with van der Waals surface area (Å²) in [6, 6.07) is 0.